The lowest BCUT2D eigenvalue weighted by molar-refractivity contribution is -0.135. The fraction of sp³-hybridized carbons (Fsp3) is 0.643. The Morgan fingerprint density at radius 2 is 2.22 bits per heavy atom. The number of hydrogen-bond donors (Lipinski definition) is 1. The second-order valence-corrected chi connectivity index (χ2v) is 5.95. The Bertz CT molecular complexity index is 351. The van der Waals surface area contributed by atoms with Crippen molar-refractivity contribution in [3.63, 3.8) is 0 Å². The van der Waals surface area contributed by atoms with E-state index in [2.05, 4.69) is 24.4 Å². The van der Waals surface area contributed by atoms with E-state index in [1.54, 1.807) is 11.3 Å². The molecule has 2 N–H and O–H groups in total. The summed E-state index contributed by atoms with van der Waals surface area (Å²) in [6, 6.07) is 4.42. The quantitative estimate of drug-likeness (QED) is 0.826. The number of nitrogens with zero attached hydrogens (tertiary/aromatic N) is 1. The molecule has 0 aliphatic carbocycles. The first kappa shape index (κ1) is 15.2. The highest BCUT2D eigenvalue weighted by atomic mass is 32.1. The smallest absolute Gasteiger partial charge is 0.225 e. The van der Waals surface area contributed by atoms with Crippen LogP contribution < -0.4 is 5.73 Å². The fourth-order valence-corrected chi connectivity index (χ4v) is 2.80. The van der Waals surface area contributed by atoms with Crippen LogP contribution in [0.3, 0.4) is 0 Å². The standard InChI is InChI=1S/C14H24N2OS/c1-11(6-4-8-15)14(17)16(3)12(2)10-13-7-5-9-18-13/h5,7,9,11-12H,4,6,8,10,15H2,1-3H3. The lowest BCUT2D eigenvalue weighted by Crippen LogP contribution is -2.39. The normalized spacial score (nSPS) is 14.2. The maximum Gasteiger partial charge on any atom is 0.225 e. The first-order valence-corrected chi connectivity index (χ1v) is 7.43. The lowest BCUT2D eigenvalue weighted by Gasteiger charge is -2.27. The van der Waals surface area contributed by atoms with Gasteiger partial charge in [-0.3, -0.25) is 4.79 Å². The molecule has 2 atom stereocenters. The number of thiophene rings is 1. The summed E-state index contributed by atoms with van der Waals surface area (Å²) in [6.07, 6.45) is 2.73. The summed E-state index contributed by atoms with van der Waals surface area (Å²) in [5.41, 5.74) is 5.48. The molecule has 0 saturated carbocycles. The third-order valence-electron chi connectivity index (χ3n) is 3.35. The molecular weight excluding hydrogens is 244 g/mol. The molecule has 0 aliphatic heterocycles. The van der Waals surface area contributed by atoms with Crippen LogP contribution in [0.25, 0.3) is 0 Å². The first-order valence-electron chi connectivity index (χ1n) is 6.55. The fourth-order valence-electron chi connectivity index (χ4n) is 1.97. The highest BCUT2D eigenvalue weighted by Crippen LogP contribution is 2.16. The van der Waals surface area contributed by atoms with Crippen molar-refractivity contribution in [2.24, 2.45) is 11.7 Å². The third kappa shape index (κ3) is 4.42. The van der Waals surface area contributed by atoms with Gasteiger partial charge in [-0.25, -0.2) is 0 Å². The van der Waals surface area contributed by atoms with Gasteiger partial charge in [0.1, 0.15) is 0 Å². The number of likely N-dealkylation sites (N-methyl/N-ethyl adjacent to an activating group) is 1. The predicted molar refractivity (Wildman–Crippen MR) is 77.7 cm³/mol. The van der Waals surface area contributed by atoms with Crippen molar-refractivity contribution in [1.29, 1.82) is 0 Å². The molecule has 1 amide bonds. The monoisotopic (exact) mass is 268 g/mol. The number of nitrogens with two attached hydrogens (primary N) is 1. The number of hydrogen-bond acceptors (Lipinski definition) is 3. The van der Waals surface area contributed by atoms with Gasteiger partial charge in [0, 0.05) is 30.3 Å². The highest BCUT2D eigenvalue weighted by molar-refractivity contribution is 7.09. The van der Waals surface area contributed by atoms with Gasteiger partial charge in [0.2, 0.25) is 5.91 Å². The first-order chi connectivity index (χ1) is 8.56. The molecule has 0 fully saturated rings. The summed E-state index contributed by atoms with van der Waals surface area (Å²) in [7, 11) is 1.90. The van der Waals surface area contributed by atoms with Gasteiger partial charge < -0.3 is 10.6 Å². The van der Waals surface area contributed by atoms with Gasteiger partial charge in [-0.15, -0.1) is 11.3 Å². The van der Waals surface area contributed by atoms with Gasteiger partial charge in [-0.05, 0) is 37.8 Å². The van der Waals surface area contributed by atoms with E-state index in [-0.39, 0.29) is 17.9 Å². The van der Waals surface area contributed by atoms with Crippen LogP contribution in [0.1, 0.15) is 31.6 Å². The van der Waals surface area contributed by atoms with Crippen LogP contribution in [0, 0.1) is 5.92 Å². The van der Waals surface area contributed by atoms with Gasteiger partial charge in [0.25, 0.3) is 0 Å². The Balaban J connectivity index is 2.46. The summed E-state index contributed by atoms with van der Waals surface area (Å²) in [4.78, 5) is 15.4. The van der Waals surface area contributed by atoms with E-state index in [0.717, 1.165) is 19.3 Å². The molecule has 1 aromatic rings. The molecule has 1 heterocycles. The molecule has 18 heavy (non-hydrogen) atoms. The number of rotatable bonds is 7. The van der Waals surface area contributed by atoms with Crippen molar-refractivity contribution < 1.29 is 4.79 Å². The number of carbonyl (C=O) groups is 1. The van der Waals surface area contributed by atoms with Crippen molar-refractivity contribution in [1.82, 2.24) is 4.90 Å². The van der Waals surface area contributed by atoms with Gasteiger partial charge in [0.05, 0.1) is 0 Å². The van der Waals surface area contributed by atoms with Gasteiger partial charge >= 0.3 is 0 Å². The zero-order valence-electron chi connectivity index (χ0n) is 11.6. The van der Waals surface area contributed by atoms with E-state index in [1.165, 1.54) is 4.88 Å². The molecule has 0 aromatic carbocycles. The molecule has 4 heteroatoms. The average molecular weight is 268 g/mol. The van der Waals surface area contributed by atoms with Crippen LogP contribution in [0.4, 0.5) is 0 Å². The minimum atomic E-state index is 0.0735. The van der Waals surface area contributed by atoms with E-state index in [0.29, 0.717) is 6.54 Å². The maximum absolute atomic E-state index is 12.2. The lowest BCUT2D eigenvalue weighted by atomic mass is 10.0. The molecule has 0 saturated heterocycles. The van der Waals surface area contributed by atoms with Crippen molar-refractivity contribution in [2.45, 2.75) is 39.2 Å². The Hall–Kier alpha value is -0.870. The molecule has 0 bridgehead atoms. The van der Waals surface area contributed by atoms with Crippen LogP contribution in [0.2, 0.25) is 0 Å². The summed E-state index contributed by atoms with van der Waals surface area (Å²) in [6.45, 7) is 4.76. The largest absolute Gasteiger partial charge is 0.342 e. The van der Waals surface area contributed by atoms with Crippen molar-refractivity contribution in [2.75, 3.05) is 13.6 Å². The van der Waals surface area contributed by atoms with E-state index >= 15 is 0 Å². The average Bonchev–Trinajstić information content (AvgIpc) is 2.86. The topological polar surface area (TPSA) is 46.3 Å². The molecule has 1 rings (SSSR count). The van der Waals surface area contributed by atoms with Crippen LogP contribution in [-0.2, 0) is 11.2 Å². The van der Waals surface area contributed by atoms with Gasteiger partial charge in [-0.2, -0.15) is 0 Å². The minimum absolute atomic E-state index is 0.0735. The summed E-state index contributed by atoms with van der Waals surface area (Å²) >= 11 is 1.75. The zero-order valence-corrected chi connectivity index (χ0v) is 12.4. The molecule has 2 unspecified atom stereocenters. The van der Waals surface area contributed by atoms with Crippen LogP contribution >= 0.6 is 11.3 Å². The highest BCUT2D eigenvalue weighted by Gasteiger charge is 2.21. The molecule has 3 nitrogen and oxygen atoms in total. The van der Waals surface area contributed by atoms with Crippen molar-refractivity contribution in [3.8, 4) is 0 Å². The maximum atomic E-state index is 12.2. The minimum Gasteiger partial charge on any atom is -0.342 e. The summed E-state index contributed by atoms with van der Waals surface area (Å²) in [5, 5.41) is 2.08. The molecule has 0 spiro atoms. The van der Waals surface area contributed by atoms with E-state index in [1.807, 2.05) is 18.9 Å². The Morgan fingerprint density at radius 3 is 2.78 bits per heavy atom. The van der Waals surface area contributed by atoms with Crippen LogP contribution in [-0.4, -0.2) is 30.4 Å². The van der Waals surface area contributed by atoms with Crippen LogP contribution in [0.15, 0.2) is 17.5 Å². The van der Waals surface area contributed by atoms with Gasteiger partial charge in [-0.1, -0.05) is 13.0 Å². The second-order valence-electron chi connectivity index (χ2n) is 4.91. The summed E-state index contributed by atoms with van der Waals surface area (Å²) < 4.78 is 0. The number of amides is 1. The second kappa shape index (κ2) is 7.54. The van der Waals surface area contributed by atoms with E-state index in [9.17, 15) is 4.79 Å². The van der Waals surface area contributed by atoms with Crippen molar-refractivity contribution >= 4 is 17.2 Å². The van der Waals surface area contributed by atoms with Crippen molar-refractivity contribution in [3.05, 3.63) is 22.4 Å². The predicted octanol–water partition coefficient (Wildman–Crippen LogP) is 2.51. The Labute approximate surface area is 114 Å². The zero-order chi connectivity index (χ0) is 13.5. The van der Waals surface area contributed by atoms with E-state index in [4.69, 9.17) is 5.73 Å². The molecule has 1 aromatic heterocycles. The van der Waals surface area contributed by atoms with Gasteiger partial charge in [0.15, 0.2) is 0 Å². The molecule has 0 aliphatic rings. The Kier molecular flexibility index (Phi) is 6.36. The Morgan fingerprint density at radius 1 is 1.50 bits per heavy atom. The SMILES string of the molecule is CC(CCCN)C(=O)N(C)C(C)Cc1cccs1. The number of carbonyl (C=O) groups excluding carboxylic acids is 1. The van der Waals surface area contributed by atoms with E-state index < -0.39 is 0 Å². The molecule has 0 radical (unpaired) electrons. The molecule has 102 valence electrons. The van der Waals surface area contributed by atoms with Crippen LogP contribution in [0.5, 0.6) is 0 Å². The third-order valence-corrected chi connectivity index (χ3v) is 4.25. The summed E-state index contributed by atoms with van der Waals surface area (Å²) in [5.74, 6) is 0.303. The molecular formula is C14H24N2OS.